The Morgan fingerprint density at radius 2 is 1.79 bits per heavy atom. The first-order valence-corrected chi connectivity index (χ1v) is 8.16. The van der Waals surface area contributed by atoms with Gasteiger partial charge in [0.2, 0.25) is 0 Å². The summed E-state index contributed by atoms with van der Waals surface area (Å²) < 4.78 is 10.7. The first-order valence-electron chi connectivity index (χ1n) is 8.16. The minimum absolute atomic E-state index is 0.125. The molecule has 0 saturated heterocycles. The quantitative estimate of drug-likeness (QED) is 0.613. The molecule has 0 aromatic heterocycles. The maximum absolute atomic E-state index is 12.7. The number of esters is 1. The van der Waals surface area contributed by atoms with Gasteiger partial charge in [0, 0.05) is 0 Å². The summed E-state index contributed by atoms with van der Waals surface area (Å²) in [7, 11) is 4.89. The van der Waals surface area contributed by atoms with Gasteiger partial charge in [-0.05, 0) is 45.4 Å². The molecule has 134 valence electrons. The minimum Gasteiger partial charge on any atom is -0.497 e. The van der Waals surface area contributed by atoms with E-state index in [0.29, 0.717) is 15.9 Å². The van der Waals surface area contributed by atoms with Crippen molar-refractivity contribution < 1.29 is 23.5 Å². The average molecular weight is 337 g/mol. The Labute approximate surface area is 144 Å². The normalized spacial score (nSPS) is 12.5. The van der Waals surface area contributed by atoms with Gasteiger partial charge in [0.25, 0.3) is 5.91 Å². The van der Waals surface area contributed by atoms with Gasteiger partial charge in [-0.2, -0.15) is 0 Å². The van der Waals surface area contributed by atoms with Crippen LogP contribution in [0.2, 0.25) is 0 Å². The summed E-state index contributed by atoms with van der Waals surface area (Å²) >= 11 is 0. The number of nitrogens with zero attached hydrogens (tertiary/aromatic N) is 1. The molecule has 0 saturated carbocycles. The largest absolute Gasteiger partial charge is 0.497 e. The van der Waals surface area contributed by atoms with E-state index in [4.69, 9.17) is 9.47 Å². The van der Waals surface area contributed by atoms with Crippen LogP contribution in [-0.2, 0) is 9.53 Å². The number of carbonyl (C=O) groups is 2. The van der Waals surface area contributed by atoms with Crippen LogP contribution in [0.1, 0.15) is 36.7 Å². The lowest BCUT2D eigenvalue weighted by molar-refractivity contribution is -0.919. The van der Waals surface area contributed by atoms with Gasteiger partial charge in [0.1, 0.15) is 5.75 Å². The Balaban J connectivity index is 3.23. The third-order valence-corrected chi connectivity index (χ3v) is 4.96. The molecule has 0 heterocycles. The van der Waals surface area contributed by atoms with Crippen LogP contribution in [0.3, 0.4) is 0 Å². The fraction of sp³-hybridized carbons (Fsp3) is 0.556. The van der Waals surface area contributed by atoms with Crippen LogP contribution < -0.4 is 10.1 Å². The highest BCUT2D eigenvalue weighted by Crippen LogP contribution is 2.28. The highest BCUT2D eigenvalue weighted by molar-refractivity contribution is 6.03. The summed E-state index contributed by atoms with van der Waals surface area (Å²) in [5.41, 5.74) is 1.51. The van der Waals surface area contributed by atoms with Crippen LogP contribution in [0.4, 0.5) is 5.69 Å². The molecule has 24 heavy (non-hydrogen) atoms. The molecule has 1 unspecified atom stereocenters. The fourth-order valence-electron chi connectivity index (χ4n) is 2.59. The summed E-state index contributed by atoms with van der Waals surface area (Å²) in [6.45, 7) is 9.53. The average Bonchev–Trinajstić information content (AvgIpc) is 2.60. The highest BCUT2D eigenvalue weighted by Gasteiger charge is 2.32. The number of methoxy groups -OCH3 is 2. The first-order chi connectivity index (χ1) is 11.2. The summed E-state index contributed by atoms with van der Waals surface area (Å²) in [5.74, 6) is -0.0931. The topological polar surface area (TPSA) is 64.6 Å². The van der Waals surface area contributed by atoms with Crippen molar-refractivity contribution in [1.82, 2.24) is 0 Å². The lowest BCUT2D eigenvalue weighted by atomic mass is 10.1. The fourth-order valence-corrected chi connectivity index (χ4v) is 2.59. The molecule has 0 bridgehead atoms. The number of rotatable bonds is 7. The monoisotopic (exact) mass is 337 g/mol. The predicted molar refractivity (Wildman–Crippen MR) is 94.4 cm³/mol. The molecule has 0 fully saturated rings. The third-order valence-electron chi connectivity index (χ3n) is 4.96. The van der Waals surface area contributed by atoms with E-state index in [1.54, 1.807) is 12.1 Å². The Bertz CT molecular complexity index is 609. The number of hydrogen-bond acceptors (Lipinski definition) is 4. The molecule has 0 radical (unpaired) electrons. The minimum atomic E-state index is -0.511. The number of nitrogens with one attached hydrogen (secondary N) is 1. The SMILES string of the molecule is CC[N+](C)(CC)C(C)C(=O)Nc1c(C)cc(OC)cc1C(=O)OC. The zero-order valence-corrected chi connectivity index (χ0v) is 15.7. The maximum Gasteiger partial charge on any atom is 0.340 e. The summed E-state index contributed by atoms with van der Waals surface area (Å²) in [5, 5.41) is 2.91. The van der Waals surface area contributed by atoms with Crippen molar-refractivity contribution in [3.63, 3.8) is 0 Å². The van der Waals surface area contributed by atoms with Crippen molar-refractivity contribution in [2.24, 2.45) is 0 Å². The van der Waals surface area contributed by atoms with Crippen LogP contribution >= 0.6 is 0 Å². The van der Waals surface area contributed by atoms with Crippen LogP contribution in [0, 0.1) is 6.92 Å². The van der Waals surface area contributed by atoms with Crippen LogP contribution in [0.5, 0.6) is 5.75 Å². The summed E-state index contributed by atoms with van der Waals surface area (Å²) in [6, 6.07) is 3.11. The van der Waals surface area contributed by atoms with Gasteiger partial charge in [-0.15, -0.1) is 0 Å². The van der Waals surface area contributed by atoms with Gasteiger partial charge < -0.3 is 19.3 Å². The molecular formula is C18H29N2O4+. The van der Waals surface area contributed by atoms with E-state index in [-0.39, 0.29) is 17.5 Å². The van der Waals surface area contributed by atoms with Crippen molar-refractivity contribution in [3.05, 3.63) is 23.3 Å². The molecule has 1 amide bonds. The van der Waals surface area contributed by atoms with E-state index >= 15 is 0 Å². The smallest absolute Gasteiger partial charge is 0.340 e. The molecule has 1 rings (SSSR count). The maximum atomic E-state index is 12.7. The zero-order chi connectivity index (χ0) is 18.5. The lowest BCUT2D eigenvalue weighted by Gasteiger charge is -2.37. The Hall–Kier alpha value is -2.08. The van der Waals surface area contributed by atoms with Crippen LogP contribution in [0.15, 0.2) is 12.1 Å². The number of aryl methyl sites for hydroxylation is 1. The van der Waals surface area contributed by atoms with E-state index in [0.717, 1.165) is 18.7 Å². The van der Waals surface area contributed by atoms with Gasteiger partial charge in [-0.1, -0.05) is 0 Å². The van der Waals surface area contributed by atoms with Crippen molar-refractivity contribution in [3.8, 4) is 5.75 Å². The van der Waals surface area contributed by atoms with E-state index < -0.39 is 5.97 Å². The number of ether oxygens (including phenoxy) is 2. The van der Waals surface area contributed by atoms with E-state index in [9.17, 15) is 9.59 Å². The molecule has 0 aliphatic heterocycles. The van der Waals surface area contributed by atoms with Crippen LogP contribution in [0.25, 0.3) is 0 Å². The molecule has 1 N–H and O–H groups in total. The molecule has 0 spiro atoms. The van der Waals surface area contributed by atoms with Crippen molar-refractivity contribution in [2.75, 3.05) is 39.7 Å². The standard InChI is InChI=1S/C18H28N2O4/c1-8-20(5,9-2)13(4)17(21)19-16-12(3)10-14(23-6)11-15(16)18(22)24-7/h10-11,13H,8-9H2,1-7H3/p+1. The molecule has 0 aliphatic carbocycles. The van der Waals surface area contributed by atoms with E-state index in [1.807, 2.05) is 20.9 Å². The lowest BCUT2D eigenvalue weighted by Crippen LogP contribution is -2.55. The van der Waals surface area contributed by atoms with E-state index in [2.05, 4.69) is 19.2 Å². The Kier molecular flexibility index (Phi) is 6.78. The van der Waals surface area contributed by atoms with Gasteiger partial charge in [0.15, 0.2) is 6.04 Å². The first kappa shape index (κ1) is 20.0. The molecule has 6 nitrogen and oxygen atoms in total. The second kappa shape index (κ2) is 8.15. The number of likely N-dealkylation sites (N-methyl/N-ethyl adjacent to an activating group) is 1. The zero-order valence-electron chi connectivity index (χ0n) is 15.7. The van der Waals surface area contributed by atoms with Crippen molar-refractivity contribution >= 4 is 17.6 Å². The predicted octanol–water partition coefficient (Wildman–Crippen LogP) is 2.60. The molecular weight excluding hydrogens is 308 g/mol. The van der Waals surface area contributed by atoms with Gasteiger partial charge >= 0.3 is 5.97 Å². The molecule has 1 aromatic carbocycles. The second-order valence-electron chi connectivity index (χ2n) is 6.14. The van der Waals surface area contributed by atoms with Crippen molar-refractivity contribution in [1.29, 1.82) is 0 Å². The highest BCUT2D eigenvalue weighted by atomic mass is 16.5. The number of benzene rings is 1. The number of amides is 1. The van der Waals surface area contributed by atoms with Crippen molar-refractivity contribution in [2.45, 2.75) is 33.7 Å². The number of carbonyl (C=O) groups excluding carboxylic acids is 2. The third kappa shape index (κ3) is 4.06. The van der Waals surface area contributed by atoms with Gasteiger partial charge in [-0.3, -0.25) is 4.79 Å². The molecule has 6 heteroatoms. The Morgan fingerprint density at radius 3 is 2.25 bits per heavy atom. The Morgan fingerprint density at radius 1 is 1.21 bits per heavy atom. The summed E-state index contributed by atoms with van der Waals surface area (Å²) in [4.78, 5) is 24.8. The van der Waals surface area contributed by atoms with Gasteiger partial charge in [0.05, 0.1) is 45.6 Å². The molecule has 1 atom stereocenters. The number of quaternary nitrogens is 1. The molecule has 1 aromatic rings. The number of anilines is 1. The summed E-state index contributed by atoms with van der Waals surface area (Å²) in [6.07, 6.45) is 0. The number of hydrogen-bond donors (Lipinski definition) is 1. The van der Waals surface area contributed by atoms with Crippen LogP contribution in [-0.4, -0.2) is 56.8 Å². The second-order valence-corrected chi connectivity index (χ2v) is 6.14. The molecule has 0 aliphatic rings. The van der Waals surface area contributed by atoms with E-state index in [1.165, 1.54) is 14.2 Å². The van der Waals surface area contributed by atoms with Gasteiger partial charge in [-0.25, -0.2) is 4.79 Å².